The van der Waals surface area contributed by atoms with Crippen LogP contribution in [0, 0.1) is 6.92 Å². The van der Waals surface area contributed by atoms with Crippen LogP contribution in [0.2, 0.25) is 5.02 Å². The summed E-state index contributed by atoms with van der Waals surface area (Å²) in [6.45, 7) is 1.79. The standard InChI is InChI=1S/C19H17ClN2O3S/c1-11-6-7-12(8-15(11)20)22-19(25)18(24)21-9-16(23)14-10-26-17-5-3-2-4-13(14)17/h2-8,10,16,23H,9H2,1H3,(H,21,24)(H,22,25)/t16-/m1/s1. The largest absolute Gasteiger partial charge is 0.387 e. The second kappa shape index (κ2) is 7.86. The quantitative estimate of drug-likeness (QED) is 0.597. The molecule has 2 aromatic carbocycles. The van der Waals surface area contributed by atoms with E-state index in [-0.39, 0.29) is 6.54 Å². The molecule has 5 nitrogen and oxygen atoms in total. The van der Waals surface area contributed by atoms with Gasteiger partial charge in [0.25, 0.3) is 0 Å². The van der Waals surface area contributed by atoms with E-state index in [1.807, 2.05) is 36.6 Å². The van der Waals surface area contributed by atoms with Crippen LogP contribution in [-0.2, 0) is 9.59 Å². The number of aliphatic hydroxyl groups excluding tert-OH is 1. The minimum atomic E-state index is -0.892. The van der Waals surface area contributed by atoms with Gasteiger partial charge in [0.1, 0.15) is 0 Å². The number of hydrogen-bond donors (Lipinski definition) is 3. The third-order valence-electron chi connectivity index (χ3n) is 3.96. The predicted octanol–water partition coefficient (Wildman–Crippen LogP) is 3.65. The monoisotopic (exact) mass is 388 g/mol. The summed E-state index contributed by atoms with van der Waals surface area (Å²) >= 11 is 7.52. The van der Waals surface area contributed by atoms with Crippen LogP contribution < -0.4 is 10.6 Å². The van der Waals surface area contributed by atoms with Crippen LogP contribution in [0.1, 0.15) is 17.2 Å². The second-order valence-corrected chi connectivity index (χ2v) is 7.15. The third kappa shape index (κ3) is 4.04. The number of hydrogen-bond acceptors (Lipinski definition) is 4. The van der Waals surface area contributed by atoms with Crippen LogP contribution in [-0.4, -0.2) is 23.5 Å². The van der Waals surface area contributed by atoms with Gasteiger partial charge in [-0.15, -0.1) is 11.3 Å². The third-order valence-corrected chi connectivity index (χ3v) is 5.35. The summed E-state index contributed by atoms with van der Waals surface area (Å²) in [5.41, 5.74) is 2.04. The van der Waals surface area contributed by atoms with E-state index in [0.717, 1.165) is 21.2 Å². The molecule has 3 aromatic rings. The molecule has 0 aliphatic rings. The summed E-state index contributed by atoms with van der Waals surface area (Å²) in [4.78, 5) is 23.9. The van der Waals surface area contributed by atoms with Crippen molar-refractivity contribution in [3.63, 3.8) is 0 Å². The van der Waals surface area contributed by atoms with Gasteiger partial charge in [0, 0.05) is 27.5 Å². The number of rotatable bonds is 4. The van der Waals surface area contributed by atoms with Crippen LogP contribution in [0.15, 0.2) is 47.8 Å². The molecule has 0 saturated carbocycles. The number of thiophene rings is 1. The second-order valence-electron chi connectivity index (χ2n) is 5.83. The first-order valence-corrected chi connectivity index (χ1v) is 9.21. The van der Waals surface area contributed by atoms with Gasteiger partial charge >= 0.3 is 11.8 Å². The maximum atomic E-state index is 12.0. The van der Waals surface area contributed by atoms with Crippen LogP contribution in [0.3, 0.4) is 0 Å². The highest BCUT2D eigenvalue weighted by atomic mass is 35.5. The Hall–Kier alpha value is -2.41. The number of aliphatic hydroxyl groups is 1. The molecule has 0 spiro atoms. The number of carbonyl (C=O) groups is 2. The zero-order valence-corrected chi connectivity index (χ0v) is 15.5. The van der Waals surface area contributed by atoms with Crippen molar-refractivity contribution < 1.29 is 14.7 Å². The topological polar surface area (TPSA) is 78.4 Å². The Balaban J connectivity index is 1.59. The van der Waals surface area contributed by atoms with Crippen molar-refractivity contribution in [1.82, 2.24) is 5.32 Å². The molecule has 3 N–H and O–H groups in total. The summed E-state index contributed by atoms with van der Waals surface area (Å²) < 4.78 is 1.06. The van der Waals surface area contributed by atoms with Gasteiger partial charge in [-0.3, -0.25) is 9.59 Å². The Morgan fingerprint density at radius 1 is 1.19 bits per heavy atom. The lowest BCUT2D eigenvalue weighted by atomic mass is 10.1. The van der Waals surface area contributed by atoms with E-state index in [4.69, 9.17) is 11.6 Å². The van der Waals surface area contributed by atoms with Crippen molar-refractivity contribution in [2.75, 3.05) is 11.9 Å². The van der Waals surface area contributed by atoms with E-state index in [0.29, 0.717) is 10.7 Å². The lowest BCUT2D eigenvalue weighted by Gasteiger charge is -2.12. The Morgan fingerprint density at radius 3 is 2.73 bits per heavy atom. The fraction of sp³-hybridized carbons (Fsp3) is 0.158. The Kier molecular flexibility index (Phi) is 5.56. The van der Waals surface area contributed by atoms with Gasteiger partial charge in [0.15, 0.2) is 0 Å². The number of aryl methyl sites for hydroxylation is 1. The fourth-order valence-corrected chi connectivity index (χ4v) is 3.68. The Bertz CT molecular complexity index is 970. The van der Waals surface area contributed by atoms with Crippen molar-refractivity contribution in [2.24, 2.45) is 0 Å². The van der Waals surface area contributed by atoms with Gasteiger partial charge in [-0.05, 0) is 41.5 Å². The molecular formula is C19H17ClN2O3S. The molecule has 0 radical (unpaired) electrons. The van der Waals surface area contributed by atoms with Crippen molar-refractivity contribution in [3.8, 4) is 0 Å². The molecular weight excluding hydrogens is 372 g/mol. The minimum Gasteiger partial charge on any atom is -0.387 e. The van der Waals surface area contributed by atoms with Crippen LogP contribution in [0.5, 0.6) is 0 Å². The number of benzene rings is 2. The van der Waals surface area contributed by atoms with Crippen LogP contribution in [0.4, 0.5) is 5.69 Å². The highest BCUT2D eigenvalue weighted by Gasteiger charge is 2.18. The van der Waals surface area contributed by atoms with Crippen LogP contribution in [0.25, 0.3) is 10.1 Å². The molecule has 1 atom stereocenters. The Morgan fingerprint density at radius 2 is 1.96 bits per heavy atom. The average Bonchev–Trinajstić information content (AvgIpc) is 3.06. The lowest BCUT2D eigenvalue weighted by molar-refractivity contribution is -0.136. The van der Waals surface area contributed by atoms with E-state index >= 15 is 0 Å². The number of amides is 2. The zero-order valence-electron chi connectivity index (χ0n) is 14.0. The number of halogens is 1. The first kappa shape index (κ1) is 18.4. The van der Waals surface area contributed by atoms with E-state index in [1.165, 1.54) is 11.3 Å². The molecule has 1 aromatic heterocycles. The lowest BCUT2D eigenvalue weighted by Crippen LogP contribution is -2.37. The molecule has 0 aliphatic carbocycles. The maximum Gasteiger partial charge on any atom is 0.313 e. The van der Waals surface area contributed by atoms with Gasteiger partial charge in [0.2, 0.25) is 0 Å². The molecule has 0 aliphatic heterocycles. The summed E-state index contributed by atoms with van der Waals surface area (Å²) in [5, 5.41) is 18.6. The number of fused-ring (bicyclic) bond motifs is 1. The smallest absolute Gasteiger partial charge is 0.313 e. The number of anilines is 1. The summed E-state index contributed by atoms with van der Waals surface area (Å²) in [6, 6.07) is 12.7. The molecule has 0 bridgehead atoms. The van der Waals surface area contributed by atoms with E-state index in [2.05, 4.69) is 10.6 Å². The molecule has 134 valence electrons. The Labute approximate surface area is 159 Å². The van der Waals surface area contributed by atoms with Crippen molar-refractivity contribution >= 4 is 50.5 Å². The summed E-state index contributed by atoms with van der Waals surface area (Å²) in [7, 11) is 0. The predicted molar refractivity (Wildman–Crippen MR) is 105 cm³/mol. The molecule has 26 heavy (non-hydrogen) atoms. The average molecular weight is 389 g/mol. The zero-order chi connectivity index (χ0) is 18.7. The van der Waals surface area contributed by atoms with Crippen molar-refractivity contribution in [2.45, 2.75) is 13.0 Å². The normalized spacial score (nSPS) is 12.0. The summed E-state index contributed by atoms with van der Waals surface area (Å²) in [5.74, 6) is -1.63. The molecule has 1 heterocycles. The minimum absolute atomic E-state index is 0.0539. The van der Waals surface area contributed by atoms with Gasteiger partial charge in [-0.25, -0.2) is 0 Å². The molecule has 0 fully saturated rings. The highest BCUT2D eigenvalue weighted by molar-refractivity contribution is 7.17. The van der Waals surface area contributed by atoms with E-state index in [9.17, 15) is 14.7 Å². The number of nitrogens with one attached hydrogen (secondary N) is 2. The SMILES string of the molecule is Cc1ccc(NC(=O)C(=O)NC[C@@H](O)c2csc3ccccc23)cc1Cl. The fourth-order valence-electron chi connectivity index (χ4n) is 2.49. The molecule has 0 unspecified atom stereocenters. The van der Waals surface area contributed by atoms with E-state index < -0.39 is 17.9 Å². The first-order valence-electron chi connectivity index (χ1n) is 7.95. The molecule has 3 rings (SSSR count). The van der Waals surface area contributed by atoms with Gasteiger partial charge in [0.05, 0.1) is 6.10 Å². The van der Waals surface area contributed by atoms with Crippen molar-refractivity contribution in [3.05, 3.63) is 64.0 Å². The molecule has 2 amide bonds. The van der Waals surface area contributed by atoms with Gasteiger partial charge in [-0.2, -0.15) is 0 Å². The molecule has 0 saturated heterocycles. The first-order chi connectivity index (χ1) is 12.5. The van der Waals surface area contributed by atoms with E-state index in [1.54, 1.807) is 18.2 Å². The van der Waals surface area contributed by atoms with Gasteiger partial charge in [-0.1, -0.05) is 35.9 Å². The van der Waals surface area contributed by atoms with Crippen molar-refractivity contribution in [1.29, 1.82) is 0 Å². The highest BCUT2D eigenvalue weighted by Crippen LogP contribution is 2.29. The summed E-state index contributed by atoms with van der Waals surface area (Å²) in [6.07, 6.45) is -0.892. The molecule has 7 heteroatoms. The van der Waals surface area contributed by atoms with Crippen LogP contribution >= 0.6 is 22.9 Å². The maximum absolute atomic E-state index is 12.0. The van der Waals surface area contributed by atoms with Gasteiger partial charge < -0.3 is 15.7 Å². The number of carbonyl (C=O) groups excluding carboxylic acids is 2.